The van der Waals surface area contributed by atoms with Gasteiger partial charge in [0.1, 0.15) is 5.67 Å². The first-order valence-corrected chi connectivity index (χ1v) is 6.05. The number of nitrogens with zero attached hydrogens (tertiary/aromatic N) is 1. The Bertz CT molecular complexity index is 224. The number of nitrogens with two attached hydrogens (primary N) is 1. The summed E-state index contributed by atoms with van der Waals surface area (Å²) in [5.41, 5.74) is 5.06. The highest BCUT2D eigenvalue weighted by atomic mass is 19.1. The van der Waals surface area contributed by atoms with Crippen LogP contribution in [-0.2, 0) is 0 Å². The van der Waals surface area contributed by atoms with Gasteiger partial charge in [0, 0.05) is 0 Å². The van der Waals surface area contributed by atoms with Crippen molar-refractivity contribution in [3.05, 3.63) is 0 Å². The van der Waals surface area contributed by atoms with E-state index in [0.29, 0.717) is 25.3 Å². The molecule has 0 atom stereocenters. The number of hydrogen-bond acceptors (Lipinski definition) is 2. The van der Waals surface area contributed by atoms with E-state index in [-0.39, 0.29) is 5.41 Å². The molecule has 2 nitrogen and oxygen atoms in total. The molecule has 15 heavy (non-hydrogen) atoms. The van der Waals surface area contributed by atoms with Crippen molar-refractivity contribution in [3.63, 3.8) is 0 Å². The van der Waals surface area contributed by atoms with Gasteiger partial charge < -0.3 is 10.6 Å². The monoisotopic (exact) mass is 214 g/mol. The first-order chi connectivity index (χ1) is 6.97. The van der Waals surface area contributed by atoms with E-state index in [9.17, 15) is 4.39 Å². The van der Waals surface area contributed by atoms with E-state index in [1.54, 1.807) is 6.92 Å². The SMILES string of the molecule is CN1CCC(C2(CN)CC(C)(F)C2)CC1. The van der Waals surface area contributed by atoms with E-state index in [2.05, 4.69) is 11.9 Å². The lowest BCUT2D eigenvalue weighted by molar-refractivity contribution is -0.0979. The van der Waals surface area contributed by atoms with Crippen LogP contribution in [0.15, 0.2) is 0 Å². The average Bonchev–Trinajstić information content (AvgIpc) is 2.14. The van der Waals surface area contributed by atoms with E-state index >= 15 is 0 Å². The first-order valence-electron chi connectivity index (χ1n) is 6.05. The molecule has 3 heteroatoms. The topological polar surface area (TPSA) is 29.3 Å². The lowest BCUT2D eigenvalue weighted by Gasteiger charge is -2.55. The Morgan fingerprint density at radius 1 is 1.33 bits per heavy atom. The Labute approximate surface area is 92.0 Å². The van der Waals surface area contributed by atoms with Gasteiger partial charge in [-0.05, 0) is 70.6 Å². The van der Waals surface area contributed by atoms with Crippen molar-refractivity contribution in [1.29, 1.82) is 0 Å². The Balaban J connectivity index is 1.97. The number of piperidine rings is 1. The molecule has 0 bridgehead atoms. The number of rotatable bonds is 2. The number of alkyl halides is 1. The molecule has 1 heterocycles. The maximum atomic E-state index is 13.7. The maximum absolute atomic E-state index is 13.7. The van der Waals surface area contributed by atoms with Gasteiger partial charge in [0.15, 0.2) is 0 Å². The lowest BCUT2D eigenvalue weighted by atomic mass is 9.53. The third kappa shape index (κ3) is 2.04. The molecule has 1 saturated carbocycles. The minimum absolute atomic E-state index is 0.130. The van der Waals surface area contributed by atoms with Gasteiger partial charge in [-0.3, -0.25) is 0 Å². The summed E-state index contributed by atoms with van der Waals surface area (Å²) in [5, 5.41) is 0. The maximum Gasteiger partial charge on any atom is 0.109 e. The summed E-state index contributed by atoms with van der Waals surface area (Å²) in [4.78, 5) is 2.36. The van der Waals surface area contributed by atoms with Crippen molar-refractivity contribution in [1.82, 2.24) is 4.90 Å². The second-order valence-electron chi connectivity index (χ2n) is 5.91. The Kier molecular flexibility index (Phi) is 2.80. The molecule has 2 N–H and O–H groups in total. The summed E-state index contributed by atoms with van der Waals surface area (Å²) in [5.74, 6) is 0.655. The molecular weight excluding hydrogens is 191 g/mol. The fourth-order valence-electron chi connectivity index (χ4n) is 3.64. The van der Waals surface area contributed by atoms with Crippen LogP contribution in [0.5, 0.6) is 0 Å². The Hall–Kier alpha value is -0.150. The smallest absolute Gasteiger partial charge is 0.109 e. The molecule has 0 aromatic rings. The van der Waals surface area contributed by atoms with Crippen LogP contribution in [0.25, 0.3) is 0 Å². The quantitative estimate of drug-likeness (QED) is 0.759. The van der Waals surface area contributed by atoms with Gasteiger partial charge in [-0.15, -0.1) is 0 Å². The predicted octanol–water partition coefficient (Wildman–Crippen LogP) is 1.80. The van der Waals surface area contributed by atoms with E-state index in [0.717, 1.165) is 13.1 Å². The molecule has 1 aliphatic heterocycles. The van der Waals surface area contributed by atoms with Crippen molar-refractivity contribution in [2.24, 2.45) is 17.1 Å². The van der Waals surface area contributed by atoms with Crippen LogP contribution < -0.4 is 5.73 Å². The van der Waals surface area contributed by atoms with Crippen molar-refractivity contribution in [3.8, 4) is 0 Å². The molecule has 0 radical (unpaired) electrons. The Morgan fingerprint density at radius 2 is 1.87 bits per heavy atom. The summed E-state index contributed by atoms with van der Waals surface area (Å²) < 4.78 is 13.7. The van der Waals surface area contributed by atoms with Crippen molar-refractivity contribution in [2.45, 2.75) is 38.3 Å². The molecule has 1 aliphatic carbocycles. The number of hydrogen-bond donors (Lipinski definition) is 1. The van der Waals surface area contributed by atoms with Gasteiger partial charge in [0.2, 0.25) is 0 Å². The Morgan fingerprint density at radius 3 is 2.27 bits per heavy atom. The molecule has 2 aliphatic rings. The molecular formula is C12H23FN2. The largest absolute Gasteiger partial charge is 0.330 e. The summed E-state index contributed by atoms with van der Waals surface area (Å²) in [6, 6.07) is 0. The molecule has 2 fully saturated rings. The predicted molar refractivity (Wildman–Crippen MR) is 60.5 cm³/mol. The van der Waals surface area contributed by atoms with E-state index in [1.165, 1.54) is 12.8 Å². The number of halogens is 1. The van der Waals surface area contributed by atoms with Crippen LogP contribution in [0.2, 0.25) is 0 Å². The minimum Gasteiger partial charge on any atom is -0.330 e. The van der Waals surface area contributed by atoms with Gasteiger partial charge in [-0.2, -0.15) is 0 Å². The van der Waals surface area contributed by atoms with Crippen molar-refractivity contribution >= 4 is 0 Å². The average molecular weight is 214 g/mol. The van der Waals surface area contributed by atoms with Crippen molar-refractivity contribution < 1.29 is 4.39 Å². The zero-order valence-electron chi connectivity index (χ0n) is 9.93. The summed E-state index contributed by atoms with van der Waals surface area (Å²) in [6.07, 6.45) is 3.77. The van der Waals surface area contributed by atoms with Crippen molar-refractivity contribution in [2.75, 3.05) is 26.7 Å². The van der Waals surface area contributed by atoms with Gasteiger partial charge >= 0.3 is 0 Å². The van der Waals surface area contributed by atoms with Crippen LogP contribution in [-0.4, -0.2) is 37.3 Å². The third-order valence-electron chi connectivity index (χ3n) is 4.43. The third-order valence-corrected chi connectivity index (χ3v) is 4.43. The highest BCUT2D eigenvalue weighted by Crippen LogP contribution is 2.56. The second kappa shape index (κ2) is 3.70. The van der Waals surface area contributed by atoms with Gasteiger partial charge in [0.05, 0.1) is 0 Å². The molecule has 1 saturated heterocycles. The summed E-state index contributed by atoms with van der Waals surface area (Å²) >= 11 is 0. The van der Waals surface area contributed by atoms with Crippen LogP contribution in [0.3, 0.4) is 0 Å². The van der Waals surface area contributed by atoms with Gasteiger partial charge in [-0.25, -0.2) is 4.39 Å². The molecule has 2 rings (SSSR count). The highest BCUT2D eigenvalue weighted by molar-refractivity contribution is 5.06. The molecule has 0 aromatic carbocycles. The normalized spacial score (nSPS) is 44.0. The lowest BCUT2D eigenvalue weighted by Crippen LogP contribution is -2.57. The van der Waals surface area contributed by atoms with E-state index in [4.69, 9.17) is 5.73 Å². The van der Waals surface area contributed by atoms with E-state index < -0.39 is 5.67 Å². The minimum atomic E-state index is -0.942. The zero-order valence-corrected chi connectivity index (χ0v) is 9.93. The van der Waals surface area contributed by atoms with E-state index in [1.807, 2.05) is 0 Å². The molecule has 88 valence electrons. The summed E-state index contributed by atoms with van der Waals surface area (Å²) in [6.45, 7) is 4.68. The van der Waals surface area contributed by atoms with Crippen LogP contribution in [0.1, 0.15) is 32.6 Å². The van der Waals surface area contributed by atoms with Crippen LogP contribution in [0, 0.1) is 11.3 Å². The fraction of sp³-hybridized carbons (Fsp3) is 1.00. The second-order valence-corrected chi connectivity index (χ2v) is 5.91. The van der Waals surface area contributed by atoms with Gasteiger partial charge in [0.25, 0.3) is 0 Å². The molecule has 0 amide bonds. The molecule has 0 spiro atoms. The highest BCUT2D eigenvalue weighted by Gasteiger charge is 2.55. The first kappa shape index (κ1) is 11.3. The fourth-order valence-corrected chi connectivity index (χ4v) is 3.64. The van der Waals surface area contributed by atoms with Crippen LogP contribution >= 0.6 is 0 Å². The summed E-state index contributed by atoms with van der Waals surface area (Å²) in [7, 11) is 2.16. The number of likely N-dealkylation sites (tertiary alicyclic amines) is 1. The molecule has 0 unspecified atom stereocenters. The van der Waals surface area contributed by atoms with Gasteiger partial charge in [-0.1, -0.05) is 0 Å². The standard InChI is InChI=1S/C12H23FN2/c1-11(13)7-12(8-11,9-14)10-3-5-15(2)6-4-10/h10H,3-9,14H2,1-2H3. The molecule has 0 aromatic heterocycles. The van der Waals surface area contributed by atoms with Crippen LogP contribution in [0.4, 0.5) is 4.39 Å². The zero-order chi connectivity index (χ0) is 11.1.